The molecule has 0 spiro atoms. The summed E-state index contributed by atoms with van der Waals surface area (Å²) in [6.07, 6.45) is -18.4. The summed E-state index contributed by atoms with van der Waals surface area (Å²) in [6.45, 7) is -0.999. The zero-order valence-electron chi connectivity index (χ0n) is 23.9. The van der Waals surface area contributed by atoms with Crippen molar-refractivity contribution in [2.24, 2.45) is 0 Å². The number of urea groups is 1. The van der Waals surface area contributed by atoms with Gasteiger partial charge in [0.1, 0.15) is 12.4 Å². The van der Waals surface area contributed by atoms with Gasteiger partial charge in [-0.1, -0.05) is 24.3 Å². The van der Waals surface area contributed by atoms with Crippen LogP contribution >= 0.6 is 0 Å². The number of likely N-dealkylation sites (tertiary alicyclic amines) is 1. The Hall–Kier alpha value is -3.41. The van der Waals surface area contributed by atoms with E-state index in [1.54, 1.807) is 0 Å². The van der Waals surface area contributed by atoms with Gasteiger partial charge < -0.3 is 19.4 Å². The van der Waals surface area contributed by atoms with E-state index in [1.165, 1.54) is 33.8 Å². The van der Waals surface area contributed by atoms with Crippen molar-refractivity contribution >= 4 is 22.7 Å². The molecule has 2 aromatic rings. The summed E-state index contributed by atoms with van der Waals surface area (Å²) in [4.78, 5) is 29.4. The highest BCUT2D eigenvalue weighted by Crippen LogP contribution is 2.54. The first kappa shape index (κ1) is 35.4. The van der Waals surface area contributed by atoms with Crippen molar-refractivity contribution < 1.29 is 62.4 Å². The number of rotatable bonds is 6. The SMILES string of the molecule is CC(=O)N1CCN(C(=O)N2CC[C@](c3ccc(C(OCC(F)(F)F)(C(F)(F)F)C(F)(F)F)cc3)(S(=O)c3ccc(F)cc3)C2)CC1. The minimum absolute atomic E-state index is 0.0375. The molecule has 46 heavy (non-hydrogen) atoms. The van der Waals surface area contributed by atoms with Crippen molar-refractivity contribution in [1.29, 1.82) is 0 Å². The van der Waals surface area contributed by atoms with Gasteiger partial charge in [0.05, 0.1) is 15.5 Å². The van der Waals surface area contributed by atoms with Gasteiger partial charge in [-0.05, 0) is 36.2 Å². The zero-order chi connectivity index (χ0) is 34.3. The molecule has 0 aromatic heterocycles. The molecule has 7 nitrogen and oxygen atoms in total. The Kier molecular flexibility index (Phi) is 9.75. The molecule has 0 radical (unpaired) electrons. The quantitative estimate of drug-likeness (QED) is 0.364. The molecular formula is C28H27F10N3O4S. The van der Waals surface area contributed by atoms with Crippen LogP contribution in [0.4, 0.5) is 48.7 Å². The van der Waals surface area contributed by atoms with Gasteiger partial charge >= 0.3 is 24.6 Å². The van der Waals surface area contributed by atoms with Gasteiger partial charge in [0.2, 0.25) is 5.91 Å². The highest BCUT2D eigenvalue weighted by molar-refractivity contribution is 7.86. The summed E-state index contributed by atoms with van der Waals surface area (Å²) in [5.41, 5.74) is -7.13. The third-order valence-corrected chi connectivity index (χ3v) is 9.93. The Morgan fingerprint density at radius 1 is 0.783 bits per heavy atom. The van der Waals surface area contributed by atoms with Crippen LogP contribution in [0.3, 0.4) is 0 Å². The number of amides is 3. The lowest BCUT2D eigenvalue weighted by molar-refractivity contribution is -0.400. The van der Waals surface area contributed by atoms with Gasteiger partial charge in [-0.3, -0.25) is 9.00 Å². The first-order valence-corrected chi connectivity index (χ1v) is 14.8. The lowest BCUT2D eigenvalue weighted by Gasteiger charge is -2.38. The second-order valence-electron chi connectivity index (χ2n) is 10.8. The fourth-order valence-corrected chi connectivity index (χ4v) is 7.30. The first-order chi connectivity index (χ1) is 21.2. The first-order valence-electron chi connectivity index (χ1n) is 13.6. The fraction of sp³-hybridized carbons (Fsp3) is 0.500. The number of nitrogens with zero attached hydrogens (tertiary/aromatic N) is 3. The summed E-state index contributed by atoms with van der Waals surface area (Å²) >= 11 is 0. The highest BCUT2D eigenvalue weighted by atomic mass is 32.2. The topological polar surface area (TPSA) is 70.2 Å². The Morgan fingerprint density at radius 2 is 1.30 bits per heavy atom. The maximum Gasteiger partial charge on any atom is 0.430 e. The summed E-state index contributed by atoms with van der Waals surface area (Å²) in [6, 6.07) is 6.01. The van der Waals surface area contributed by atoms with Crippen LogP contribution in [-0.4, -0.2) is 95.3 Å². The Morgan fingerprint density at radius 3 is 1.78 bits per heavy atom. The molecule has 0 bridgehead atoms. The predicted molar refractivity (Wildman–Crippen MR) is 142 cm³/mol. The van der Waals surface area contributed by atoms with Crippen molar-refractivity contribution in [2.75, 3.05) is 45.9 Å². The van der Waals surface area contributed by atoms with Crippen molar-refractivity contribution in [3.63, 3.8) is 0 Å². The van der Waals surface area contributed by atoms with Crippen LogP contribution in [0, 0.1) is 5.82 Å². The molecule has 3 amide bonds. The van der Waals surface area contributed by atoms with Gasteiger partial charge in [0, 0.05) is 56.7 Å². The average Bonchev–Trinajstić information content (AvgIpc) is 3.42. The van der Waals surface area contributed by atoms with E-state index in [4.69, 9.17) is 0 Å². The number of halogens is 10. The molecule has 2 aliphatic rings. The van der Waals surface area contributed by atoms with Crippen LogP contribution in [0.5, 0.6) is 0 Å². The number of carbonyl (C=O) groups is 2. The van der Waals surface area contributed by atoms with Crippen LogP contribution in [-0.2, 0) is 30.7 Å². The molecule has 0 N–H and O–H groups in total. The summed E-state index contributed by atoms with van der Waals surface area (Å²) in [7, 11) is -2.16. The van der Waals surface area contributed by atoms with E-state index in [1.807, 2.05) is 0 Å². The van der Waals surface area contributed by atoms with Crippen LogP contribution in [0.1, 0.15) is 24.5 Å². The van der Waals surface area contributed by atoms with Gasteiger partial charge in [-0.25, -0.2) is 9.18 Å². The summed E-state index contributed by atoms with van der Waals surface area (Å²) < 4.78 is 152. The van der Waals surface area contributed by atoms with Crippen molar-refractivity contribution in [2.45, 2.75) is 47.1 Å². The predicted octanol–water partition coefficient (Wildman–Crippen LogP) is 5.72. The van der Waals surface area contributed by atoms with E-state index in [-0.39, 0.29) is 62.1 Å². The molecule has 18 heteroatoms. The molecule has 2 atom stereocenters. The van der Waals surface area contributed by atoms with Crippen LogP contribution < -0.4 is 0 Å². The molecule has 254 valence electrons. The van der Waals surface area contributed by atoms with Gasteiger partial charge in [0.25, 0.3) is 5.60 Å². The molecule has 1 unspecified atom stereocenters. The number of alkyl halides is 9. The van der Waals surface area contributed by atoms with Gasteiger partial charge in [-0.15, -0.1) is 0 Å². The van der Waals surface area contributed by atoms with Crippen LogP contribution in [0.2, 0.25) is 0 Å². The van der Waals surface area contributed by atoms with Crippen molar-refractivity contribution in [1.82, 2.24) is 14.7 Å². The number of carbonyl (C=O) groups excluding carboxylic acids is 2. The Bertz CT molecular complexity index is 1430. The Labute approximate surface area is 258 Å². The molecule has 2 fully saturated rings. The van der Waals surface area contributed by atoms with Crippen molar-refractivity contribution in [3.05, 3.63) is 65.5 Å². The molecule has 2 saturated heterocycles. The largest absolute Gasteiger partial charge is 0.430 e. The molecule has 0 aliphatic carbocycles. The number of hydrogen-bond acceptors (Lipinski definition) is 4. The number of hydrogen-bond donors (Lipinski definition) is 0. The van der Waals surface area contributed by atoms with E-state index in [0.29, 0.717) is 12.1 Å². The van der Waals surface area contributed by atoms with Gasteiger partial charge in [-0.2, -0.15) is 39.5 Å². The second kappa shape index (κ2) is 12.7. The zero-order valence-corrected chi connectivity index (χ0v) is 24.8. The number of piperazine rings is 1. The van der Waals surface area contributed by atoms with E-state index >= 15 is 0 Å². The average molecular weight is 692 g/mol. The number of benzene rings is 2. The molecule has 2 aromatic carbocycles. The van der Waals surface area contributed by atoms with Crippen LogP contribution in [0.15, 0.2) is 53.4 Å². The minimum atomic E-state index is -6.38. The lowest BCUT2D eigenvalue weighted by Crippen LogP contribution is -2.57. The normalized spacial score (nSPS) is 20.6. The summed E-state index contributed by atoms with van der Waals surface area (Å²) in [5.74, 6) is -0.865. The Balaban J connectivity index is 1.74. The molecule has 0 saturated carbocycles. The number of ether oxygens (including phenoxy) is 1. The fourth-order valence-electron chi connectivity index (χ4n) is 5.57. The standard InChI is InChI=1S/C28H27F10N3O4S/c1-18(42)39-12-14-40(15-13-39)23(43)41-11-10-24(16-41,46(44)22-8-6-21(29)7-9-22)19-2-4-20(5-3-19)26(27(33,34)35,28(36,37)38)45-17-25(30,31)32/h2-9H,10-17H2,1H3/t24-,46?/m0/s1. The van der Waals surface area contributed by atoms with E-state index < -0.39 is 63.7 Å². The van der Waals surface area contributed by atoms with E-state index in [9.17, 15) is 57.7 Å². The monoisotopic (exact) mass is 691 g/mol. The second-order valence-corrected chi connectivity index (χ2v) is 12.6. The maximum absolute atomic E-state index is 14.0. The molecular weight excluding hydrogens is 664 g/mol. The van der Waals surface area contributed by atoms with Crippen LogP contribution in [0.25, 0.3) is 0 Å². The maximum atomic E-state index is 14.0. The highest BCUT2D eigenvalue weighted by Gasteiger charge is 2.74. The van der Waals surface area contributed by atoms with E-state index in [0.717, 1.165) is 24.3 Å². The van der Waals surface area contributed by atoms with E-state index in [2.05, 4.69) is 4.74 Å². The van der Waals surface area contributed by atoms with Crippen molar-refractivity contribution in [3.8, 4) is 0 Å². The minimum Gasteiger partial charge on any atom is -0.344 e. The molecule has 4 rings (SSSR count). The molecule has 2 aliphatic heterocycles. The lowest BCUT2D eigenvalue weighted by atomic mass is 9.88. The summed E-state index contributed by atoms with van der Waals surface area (Å²) in [5, 5.41) is 0. The third kappa shape index (κ3) is 6.82. The smallest absolute Gasteiger partial charge is 0.344 e. The van der Waals surface area contributed by atoms with Gasteiger partial charge in [0.15, 0.2) is 0 Å². The third-order valence-electron chi connectivity index (χ3n) is 7.95. The molecule has 2 heterocycles.